The van der Waals surface area contributed by atoms with Crippen molar-refractivity contribution in [1.29, 1.82) is 0 Å². The van der Waals surface area contributed by atoms with Crippen LogP contribution in [0.5, 0.6) is 0 Å². The fourth-order valence-electron chi connectivity index (χ4n) is 1.64. The van der Waals surface area contributed by atoms with Crippen molar-refractivity contribution in [3.05, 3.63) is 35.7 Å². The number of rotatable bonds is 2. The van der Waals surface area contributed by atoms with Crippen molar-refractivity contribution in [3.63, 3.8) is 0 Å². The summed E-state index contributed by atoms with van der Waals surface area (Å²) in [5.41, 5.74) is 7.99. The zero-order valence-electron chi connectivity index (χ0n) is 9.43. The second-order valence-electron chi connectivity index (χ2n) is 3.98. The molecule has 0 aromatic carbocycles. The van der Waals surface area contributed by atoms with Crippen molar-refractivity contribution in [1.82, 2.24) is 9.88 Å². The zero-order valence-corrected chi connectivity index (χ0v) is 9.43. The Kier molecular flexibility index (Phi) is 3.31. The smallest absolute Gasteiger partial charge is 0.151 e. The van der Waals surface area contributed by atoms with E-state index in [9.17, 15) is 0 Å². The standard InChI is InChI=1S/C12H16N4/c1-16-7-5-11(13)10(9-16)8-15-12-4-2-3-6-14-12/h2-4,6,8H,5,7,9,13H2,1H3. The van der Waals surface area contributed by atoms with E-state index in [1.165, 1.54) is 0 Å². The summed E-state index contributed by atoms with van der Waals surface area (Å²) in [6.45, 7) is 1.88. The molecule has 0 unspecified atom stereocenters. The summed E-state index contributed by atoms with van der Waals surface area (Å²) in [7, 11) is 2.08. The van der Waals surface area contributed by atoms with Crippen molar-refractivity contribution < 1.29 is 0 Å². The molecule has 0 radical (unpaired) electrons. The normalized spacial score (nSPS) is 18.3. The second-order valence-corrected chi connectivity index (χ2v) is 3.98. The number of nitrogens with two attached hydrogens (primary N) is 1. The molecule has 1 aromatic heterocycles. The Balaban J connectivity index is 2.12. The van der Waals surface area contributed by atoms with E-state index in [-0.39, 0.29) is 0 Å². The first-order valence-electron chi connectivity index (χ1n) is 5.37. The van der Waals surface area contributed by atoms with Gasteiger partial charge in [0.1, 0.15) is 0 Å². The van der Waals surface area contributed by atoms with Gasteiger partial charge in [-0.3, -0.25) is 0 Å². The molecule has 0 saturated heterocycles. The lowest BCUT2D eigenvalue weighted by Crippen LogP contribution is -2.30. The Morgan fingerprint density at radius 1 is 1.50 bits per heavy atom. The van der Waals surface area contributed by atoms with Crippen molar-refractivity contribution in [2.75, 3.05) is 20.1 Å². The van der Waals surface area contributed by atoms with E-state index in [0.717, 1.165) is 36.6 Å². The molecular weight excluding hydrogens is 200 g/mol. The van der Waals surface area contributed by atoms with Crippen molar-refractivity contribution >= 4 is 12.0 Å². The van der Waals surface area contributed by atoms with Gasteiger partial charge < -0.3 is 10.6 Å². The van der Waals surface area contributed by atoms with E-state index < -0.39 is 0 Å². The molecule has 0 amide bonds. The van der Waals surface area contributed by atoms with Gasteiger partial charge in [-0.2, -0.15) is 0 Å². The minimum absolute atomic E-state index is 0.719. The van der Waals surface area contributed by atoms with E-state index in [0.29, 0.717) is 0 Å². The highest BCUT2D eigenvalue weighted by molar-refractivity contribution is 5.82. The van der Waals surface area contributed by atoms with Crippen LogP contribution in [0.15, 0.2) is 40.7 Å². The van der Waals surface area contributed by atoms with E-state index in [2.05, 4.69) is 21.9 Å². The third kappa shape index (κ3) is 2.67. The lowest BCUT2D eigenvalue weighted by atomic mass is 10.1. The number of hydrogen-bond acceptors (Lipinski definition) is 4. The van der Waals surface area contributed by atoms with Crippen LogP contribution in [0.2, 0.25) is 0 Å². The third-order valence-corrected chi connectivity index (χ3v) is 2.62. The third-order valence-electron chi connectivity index (χ3n) is 2.62. The van der Waals surface area contributed by atoms with Gasteiger partial charge in [0.25, 0.3) is 0 Å². The average Bonchev–Trinajstić information content (AvgIpc) is 2.32. The molecule has 0 fully saturated rings. The quantitative estimate of drug-likeness (QED) is 0.759. The average molecular weight is 216 g/mol. The monoisotopic (exact) mass is 216 g/mol. The van der Waals surface area contributed by atoms with E-state index in [1.54, 1.807) is 6.20 Å². The lowest BCUT2D eigenvalue weighted by molar-refractivity contribution is 0.353. The Labute approximate surface area is 95.5 Å². The summed E-state index contributed by atoms with van der Waals surface area (Å²) in [6.07, 6.45) is 4.48. The summed E-state index contributed by atoms with van der Waals surface area (Å²) >= 11 is 0. The molecule has 2 N–H and O–H groups in total. The summed E-state index contributed by atoms with van der Waals surface area (Å²) in [4.78, 5) is 10.7. The van der Waals surface area contributed by atoms with Crippen LogP contribution >= 0.6 is 0 Å². The van der Waals surface area contributed by atoms with E-state index in [1.807, 2.05) is 24.4 Å². The maximum Gasteiger partial charge on any atom is 0.151 e. The van der Waals surface area contributed by atoms with Gasteiger partial charge in [0.15, 0.2) is 5.82 Å². The van der Waals surface area contributed by atoms with Crippen LogP contribution in [0.25, 0.3) is 0 Å². The molecule has 84 valence electrons. The molecule has 16 heavy (non-hydrogen) atoms. The van der Waals surface area contributed by atoms with Crippen LogP contribution in [0, 0.1) is 0 Å². The molecule has 1 aliphatic rings. The van der Waals surface area contributed by atoms with Crippen molar-refractivity contribution in [2.45, 2.75) is 6.42 Å². The molecule has 0 bridgehead atoms. The van der Waals surface area contributed by atoms with Crippen LogP contribution in [0.3, 0.4) is 0 Å². The number of nitrogens with zero attached hydrogens (tertiary/aromatic N) is 3. The number of pyridine rings is 1. The van der Waals surface area contributed by atoms with Gasteiger partial charge in [0.2, 0.25) is 0 Å². The zero-order chi connectivity index (χ0) is 11.4. The first-order chi connectivity index (χ1) is 7.75. The van der Waals surface area contributed by atoms with Gasteiger partial charge >= 0.3 is 0 Å². The molecule has 4 heteroatoms. The summed E-state index contributed by atoms with van der Waals surface area (Å²) < 4.78 is 0. The molecule has 0 spiro atoms. The van der Waals surface area contributed by atoms with Crippen LogP contribution in [-0.2, 0) is 0 Å². The predicted octanol–water partition coefficient (Wildman–Crippen LogP) is 1.33. The number of likely N-dealkylation sites (N-methyl/N-ethyl adjacent to an activating group) is 1. The Morgan fingerprint density at radius 3 is 3.12 bits per heavy atom. The minimum atomic E-state index is 0.719. The van der Waals surface area contributed by atoms with E-state index in [4.69, 9.17) is 5.73 Å². The molecule has 1 aliphatic heterocycles. The number of aliphatic imine (C=N–C) groups is 1. The maximum absolute atomic E-state index is 5.95. The number of aromatic nitrogens is 1. The van der Waals surface area contributed by atoms with Crippen LogP contribution in [-0.4, -0.2) is 36.2 Å². The van der Waals surface area contributed by atoms with Crippen LogP contribution in [0.1, 0.15) is 6.42 Å². The molecule has 2 heterocycles. The first kappa shape index (κ1) is 10.8. The summed E-state index contributed by atoms with van der Waals surface area (Å²) in [5.74, 6) is 0.719. The lowest BCUT2D eigenvalue weighted by Gasteiger charge is -2.23. The van der Waals surface area contributed by atoms with Crippen molar-refractivity contribution in [2.24, 2.45) is 10.7 Å². The molecular formula is C12H16N4. The molecule has 4 nitrogen and oxygen atoms in total. The Morgan fingerprint density at radius 2 is 2.38 bits per heavy atom. The summed E-state index contributed by atoms with van der Waals surface area (Å²) in [5, 5.41) is 0. The minimum Gasteiger partial charge on any atom is -0.402 e. The molecule has 2 rings (SSSR count). The van der Waals surface area contributed by atoms with Crippen LogP contribution < -0.4 is 5.73 Å². The van der Waals surface area contributed by atoms with Gasteiger partial charge in [-0.15, -0.1) is 0 Å². The van der Waals surface area contributed by atoms with Gasteiger partial charge in [0, 0.05) is 43.2 Å². The van der Waals surface area contributed by atoms with Crippen LogP contribution in [0.4, 0.5) is 5.82 Å². The molecule has 0 saturated carbocycles. The highest BCUT2D eigenvalue weighted by atomic mass is 15.1. The van der Waals surface area contributed by atoms with Gasteiger partial charge in [0.05, 0.1) is 0 Å². The van der Waals surface area contributed by atoms with Gasteiger partial charge in [-0.25, -0.2) is 9.98 Å². The second kappa shape index (κ2) is 4.90. The fraction of sp³-hybridized carbons (Fsp3) is 0.333. The molecule has 0 atom stereocenters. The Hall–Kier alpha value is -1.68. The first-order valence-corrected chi connectivity index (χ1v) is 5.37. The molecule has 0 aliphatic carbocycles. The Bertz CT molecular complexity index is 408. The number of hydrogen-bond donors (Lipinski definition) is 1. The SMILES string of the molecule is CN1CCC(N)=C(C=Nc2ccccn2)C1. The summed E-state index contributed by atoms with van der Waals surface area (Å²) in [6, 6.07) is 5.67. The van der Waals surface area contributed by atoms with Crippen molar-refractivity contribution in [3.8, 4) is 0 Å². The predicted molar refractivity (Wildman–Crippen MR) is 65.7 cm³/mol. The van der Waals surface area contributed by atoms with Gasteiger partial charge in [-0.05, 0) is 19.2 Å². The highest BCUT2D eigenvalue weighted by Gasteiger charge is 2.11. The van der Waals surface area contributed by atoms with Gasteiger partial charge in [-0.1, -0.05) is 6.07 Å². The molecule has 1 aromatic rings. The topological polar surface area (TPSA) is 54.5 Å². The highest BCUT2D eigenvalue weighted by Crippen LogP contribution is 2.12. The maximum atomic E-state index is 5.95. The van der Waals surface area contributed by atoms with E-state index >= 15 is 0 Å². The fourth-order valence-corrected chi connectivity index (χ4v) is 1.64. The largest absolute Gasteiger partial charge is 0.402 e.